The van der Waals surface area contributed by atoms with Crippen molar-refractivity contribution in [2.24, 2.45) is 16.2 Å². The molecular formula is C20H34O8. The second kappa shape index (κ2) is 8.37. The first kappa shape index (κ1) is 24.4. The van der Waals surface area contributed by atoms with Gasteiger partial charge in [0.15, 0.2) is 24.6 Å². The Morgan fingerprint density at radius 1 is 0.714 bits per heavy atom. The fourth-order valence-electron chi connectivity index (χ4n) is 2.04. The summed E-state index contributed by atoms with van der Waals surface area (Å²) >= 11 is 0. The number of esters is 3. The van der Waals surface area contributed by atoms with Crippen LogP contribution in [0.25, 0.3) is 0 Å². The smallest absolute Gasteiger partial charge is 0.311 e. The van der Waals surface area contributed by atoms with Gasteiger partial charge in [0.25, 0.3) is 0 Å². The van der Waals surface area contributed by atoms with Crippen LogP contribution in [0.5, 0.6) is 0 Å². The Labute approximate surface area is 166 Å². The Morgan fingerprint density at radius 2 is 1.07 bits per heavy atom. The van der Waals surface area contributed by atoms with Gasteiger partial charge in [-0.1, -0.05) is 0 Å². The highest BCUT2D eigenvalue weighted by Crippen LogP contribution is 2.29. The summed E-state index contributed by atoms with van der Waals surface area (Å²) in [5.74, 6) is -1.73. The normalized spacial score (nSPS) is 26.4. The van der Waals surface area contributed by atoms with E-state index in [1.54, 1.807) is 62.3 Å². The van der Waals surface area contributed by atoms with Gasteiger partial charge in [-0.15, -0.1) is 0 Å². The fraction of sp³-hybridized carbons (Fsp3) is 0.850. The Kier molecular flexibility index (Phi) is 7.28. The maximum absolute atomic E-state index is 12.5. The highest BCUT2D eigenvalue weighted by Gasteiger charge is 2.49. The molecule has 1 rings (SSSR count). The number of ether oxygens (including phenoxy) is 4. The molecule has 4 atom stereocenters. The molecule has 1 N–H and O–H groups in total. The van der Waals surface area contributed by atoms with Crippen LogP contribution in [0.4, 0.5) is 0 Å². The summed E-state index contributed by atoms with van der Waals surface area (Å²) in [5, 5.41) is 10.3. The van der Waals surface area contributed by atoms with Gasteiger partial charge in [-0.05, 0) is 62.3 Å². The lowest BCUT2D eigenvalue weighted by Gasteiger charge is -2.41. The SMILES string of the molecule is CC(C)(C)C(=O)O[C@H]1[C@H](OC(=O)C(C)(C)C)[C@H](OC(=O)C(C)(C)C)CO[C@H]1O. The van der Waals surface area contributed by atoms with Crippen molar-refractivity contribution in [3.8, 4) is 0 Å². The van der Waals surface area contributed by atoms with E-state index < -0.39 is 58.8 Å². The zero-order chi connectivity index (χ0) is 22.1. The second-order valence-corrected chi connectivity index (χ2v) is 10.2. The van der Waals surface area contributed by atoms with E-state index in [1.165, 1.54) is 0 Å². The van der Waals surface area contributed by atoms with E-state index in [2.05, 4.69) is 0 Å². The zero-order valence-electron chi connectivity index (χ0n) is 18.3. The Morgan fingerprint density at radius 3 is 1.46 bits per heavy atom. The highest BCUT2D eigenvalue weighted by molar-refractivity contribution is 5.77. The Balaban J connectivity index is 3.18. The number of rotatable bonds is 3. The van der Waals surface area contributed by atoms with Crippen molar-refractivity contribution in [2.45, 2.75) is 86.9 Å². The van der Waals surface area contributed by atoms with E-state index in [9.17, 15) is 19.5 Å². The molecule has 0 aromatic carbocycles. The molecule has 0 radical (unpaired) electrons. The van der Waals surface area contributed by atoms with Gasteiger partial charge in [0.05, 0.1) is 22.9 Å². The first-order chi connectivity index (χ1) is 12.4. The van der Waals surface area contributed by atoms with E-state index in [4.69, 9.17) is 18.9 Å². The van der Waals surface area contributed by atoms with E-state index in [0.29, 0.717) is 0 Å². The molecule has 0 saturated carbocycles. The van der Waals surface area contributed by atoms with Crippen molar-refractivity contribution in [3.05, 3.63) is 0 Å². The molecule has 0 bridgehead atoms. The van der Waals surface area contributed by atoms with Crippen molar-refractivity contribution in [2.75, 3.05) is 6.61 Å². The maximum Gasteiger partial charge on any atom is 0.311 e. The summed E-state index contributed by atoms with van der Waals surface area (Å²) in [6.45, 7) is 14.8. The molecule has 28 heavy (non-hydrogen) atoms. The summed E-state index contributed by atoms with van der Waals surface area (Å²) in [5.41, 5.74) is -2.50. The lowest BCUT2D eigenvalue weighted by molar-refractivity contribution is -0.273. The van der Waals surface area contributed by atoms with E-state index in [-0.39, 0.29) is 6.61 Å². The van der Waals surface area contributed by atoms with Gasteiger partial charge in [-0.3, -0.25) is 14.4 Å². The first-order valence-electron chi connectivity index (χ1n) is 9.37. The average molecular weight is 402 g/mol. The summed E-state index contributed by atoms with van der Waals surface area (Å²) in [7, 11) is 0. The number of carbonyl (C=O) groups is 3. The molecule has 1 saturated heterocycles. The summed E-state index contributed by atoms with van der Waals surface area (Å²) in [4.78, 5) is 37.2. The molecule has 0 aromatic heterocycles. The molecule has 8 nitrogen and oxygen atoms in total. The largest absolute Gasteiger partial charge is 0.455 e. The molecule has 1 heterocycles. The molecule has 0 amide bonds. The minimum Gasteiger partial charge on any atom is -0.455 e. The zero-order valence-corrected chi connectivity index (χ0v) is 18.3. The molecule has 0 aliphatic carbocycles. The quantitative estimate of drug-likeness (QED) is 0.565. The van der Waals surface area contributed by atoms with Crippen molar-refractivity contribution in [1.82, 2.24) is 0 Å². The average Bonchev–Trinajstić information content (AvgIpc) is 2.49. The van der Waals surface area contributed by atoms with Crippen LogP contribution in [0.2, 0.25) is 0 Å². The van der Waals surface area contributed by atoms with Gasteiger partial charge in [-0.25, -0.2) is 0 Å². The van der Waals surface area contributed by atoms with Gasteiger partial charge < -0.3 is 24.1 Å². The molecule has 1 aliphatic heterocycles. The van der Waals surface area contributed by atoms with Crippen molar-refractivity contribution < 1.29 is 38.4 Å². The van der Waals surface area contributed by atoms with E-state index in [0.717, 1.165) is 0 Å². The molecule has 1 fully saturated rings. The molecule has 0 unspecified atom stereocenters. The van der Waals surface area contributed by atoms with Gasteiger partial charge in [0.2, 0.25) is 0 Å². The number of aliphatic hydroxyl groups excluding tert-OH is 1. The fourth-order valence-corrected chi connectivity index (χ4v) is 2.04. The minimum atomic E-state index is -1.52. The molecule has 8 heteroatoms. The highest BCUT2D eigenvalue weighted by atomic mass is 16.7. The number of hydrogen-bond acceptors (Lipinski definition) is 8. The van der Waals surface area contributed by atoms with Gasteiger partial charge in [-0.2, -0.15) is 0 Å². The number of carbonyl (C=O) groups excluding carboxylic acids is 3. The van der Waals surface area contributed by atoms with Gasteiger partial charge >= 0.3 is 17.9 Å². The maximum atomic E-state index is 12.5. The van der Waals surface area contributed by atoms with Crippen molar-refractivity contribution in [3.63, 3.8) is 0 Å². The van der Waals surface area contributed by atoms with Gasteiger partial charge in [0.1, 0.15) is 0 Å². The topological polar surface area (TPSA) is 108 Å². The van der Waals surface area contributed by atoms with Crippen molar-refractivity contribution >= 4 is 17.9 Å². The lowest BCUT2D eigenvalue weighted by atomic mass is 9.95. The Hall–Kier alpha value is -1.67. The lowest BCUT2D eigenvalue weighted by Crippen LogP contribution is -2.59. The molecular weight excluding hydrogens is 368 g/mol. The molecule has 162 valence electrons. The van der Waals surface area contributed by atoms with Crippen LogP contribution < -0.4 is 0 Å². The van der Waals surface area contributed by atoms with Gasteiger partial charge in [0, 0.05) is 0 Å². The molecule has 1 aliphatic rings. The van der Waals surface area contributed by atoms with Crippen LogP contribution in [-0.4, -0.2) is 54.2 Å². The van der Waals surface area contributed by atoms with Crippen LogP contribution in [-0.2, 0) is 33.3 Å². The van der Waals surface area contributed by atoms with Crippen LogP contribution in [0.1, 0.15) is 62.3 Å². The van der Waals surface area contributed by atoms with Crippen LogP contribution in [0, 0.1) is 16.2 Å². The number of aliphatic hydroxyl groups is 1. The minimum absolute atomic E-state index is 0.200. The predicted octanol–water partition coefficient (Wildman–Crippen LogP) is 2.21. The van der Waals surface area contributed by atoms with Crippen LogP contribution >= 0.6 is 0 Å². The second-order valence-electron chi connectivity index (χ2n) is 10.2. The van der Waals surface area contributed by atoms with Crippen molar-refractivity contribution in [1.29, 1.82) is 0 Å². The molecule has 0 spiro atoms. The van der Waals surface area contributed by atoms with E-state index in [1.807, 2.05) is 0 Å². The summed E-state index contributed by atoms with van der Waals surface area (Å²) in [6.07, 6.45) is -5.08. The third kappa shape index (κ3) is 6.44. The monoisotopic (exact) mass is 402 g/mol. The van der Waals surface area contributed by atoms with Crippen LogP contribution in [0.15, 0.2) is 0 Å². The number of hydrogen-bond donors (Lipinski definition) is 1. The summed E-state index contributed by atoms with van der Waals surface area (Å²) < 4.78 is 21.7. The predicted molar refractivity (Wildman–Crippen MR) is 100.0 cm³/mol. The Bertz CT molecular complexity index is 591. The van der Waals surface area contributed by atoms with Crippen LogP contribution in [0.3, 0.4) is 0 Å². The van der Waals surface area contributed by atoms with E-state index >= 15 is 0 Å². The third-order valence-electron chi connectivity index (χ3n) is 3.98. The summed E-state index contributed by atoms with van der Waals surface area (Å²) in [6, 6.07) is 0. The standard InChI is InChI=1S/C20H34O8/c1-18(2,3)15(22)26-11-10-25-14(21)13(28-17(24)20(7,8)9)12(11)27-16(23)19(4,5)6/h11-14,21H,10H2,1-9H3/t11-,12-,13+,14-/m1/s1. The third-order valence-corrected chi connectivity index (χ3v) is 3.98. The first-order valence-corrected chi connectivity index (χ1v) is 9.37. The molecule has 0 aromatic rings.